The van der Waals surface area contributed by atoms with Crippen LogP contribution in [0, 0.1) is 6.92 Å². The molecule has 6 nitrogen and oxygen atoms in total. The lowest BCUT2D eigenvalue weighted by Crippen LogP contribution is -2.27. The molecule has 1 aromatic rings. The molecule has 0 saturated carbocycles. The summed E-state index contributed by atoms with van der Waals surface area (Å²) in [4.78, 5) is 18.2. The molecule has 0 amide bonds. The second-order valence-electron chi connectivity index (χ2n) is 3.65. The Balaban J connectivity index is 0.000000411. The van der Waals surface area contributed by atoms with Crippen LogP contribution in [0.25, 0.3) is 0 Å². The number of nitrogens with one attached hydrogen (secondary N) is 1. The number of hydrogen-bond donors (Lipinski definition) is 4. The van der Waals surface area contributed by atoms with Crippen molar-refractivity contribution < 1.29 is 19.8 Å². The van der Waals surface area contributed by atoms with Crippen molar-refractivity contribution in [2.24, 2.45) is 5.84 Å². The summed E-state index contributed by atoms with van der Waals surface area (Å²) < 4.78 is 0. The Kier molecular flexibility index (Phi) is 7.34. The standard InChI is InChI=1S/C10H16N2.C2H2O4/c1-3-10(12-11)9-6-4-8(2)5-7-9;3-1(4)2(5)6/h4-7,10,12H,3,11H2,1-2H3;(H,3,4)(H,5,6). The zero-order valence-electron chi connectivity index (χ0n) is 10.4. The van der Waals surface area contributed by atoms with Gasteiger partial charge in [0.25, 0.3) is 0 Å². The Morgan fingerprint density at radius 3 is 1.94 bits per heavy atom. The van der Waals surface area contributed by atoms with Crippen LogP contribution in [0.2, 0.25) is 0 Å². The third-order valence-corrected chi connectivity index (χ3v) is 2.27. The number of benzene rings is 1. The first-order valence-electron chi connectivity index (χ1n) is 5.41. The fourth-order valence-electron chi connectivity index (χ4n) is 1.25. The fraction of sp³-hybridized carbons (Fsp3) is 0.333. The Bertz CT molecular complexity index is 374. The molecule has 1 atom stereocenters. The Morgan fingerprint density at radius 2 is 1.67 bits per heavy atom. The van der Waals surface area contributed by atoms with E-state index in [1.807, 2.05) is 0 Å². The highest BCUT2D eigenvalue weighted by molar-refractivity contribution is 6.27. The molecule has 0 spiro atoms. The van der Waals surface area contributed by atoms with E-state index < -0.39 is 11.9 Å². The van der Waals surface area contributed by atoms with E-state index in [-0.39, 0.29) is 6.04 Å². The molecule has 0 aromatic heterocycles. The highest BCUT2D eigenvalue weighted by Gasteiger charge is 2.05. The molecule has 0 saturated heterocycles. The molecule has 18 heavy (non-hydrogen) atoms. The topological polar surface area (TPSA) is 113 Å². The third kappa shape index (κ3) is 5.97. The lowest BCUT2D eigenvalue weighted by Gasteiger charge is -2.13. The van der Waals surface area contributed by atoms with Crippen LogP contribution in [0.5, 0.6) is 0 Å². The number of carboxylic acids is 2. The molecule has 0 heterocycles. The van der Waals surface area contributed by atoms with Crippen LogP contribution >= 0.6 is 0 Å². The Morgan fingerprint density at radius 1 is 1.22 bits per heavy atom. The highest BCUT2D eigenvalue weighted by Crippen LogP contribution is 2.15. The van der Waals surface area contributed by atoms with Crippen molar-refractivity contribution in [2.75, 3.05) is 0 Å². The summed E-state index contributed by atoms with van der Waals surface area (Å²) in [6.45, 7) is 4.20. The van der Waals surface area contributed by atoms with E-state index in [9.17, 15) is 0 Å². The predicted molar refractivity (Wildman–Crippen MR) is 66.8 cm³/mol. The SMILES string of the molecule is CCC(NN)c1ccc(C)cc1.O=C(O)C(=O)O. The largest absolute Gasteiger partial charge is 0.473 e. The maximum absolute atomic E-state index is 9.10. The van der Waals surface area contributed by atoms with Crippen molar-refractivity contribution in [3.05, 3.63) is 35.4 Å². The Labute approximate surface area is 105 Å². The van der Waals surface area contributed by atoms with Crippen molar-refractivity contribution in [2.45, 2.75) is 26.3 Å². The molecule has 5 N–H and O–H groups in total. The molecule has 1 aromatic carbocycles. The summed E-state index contributed by atoms with van der Waals surface area (Å²) in [5, 5.41) is 14.8. The fourth-order valence-corrected chi connectivity index (χ4v) is 1.25. The van der Waals surface area contributed by atoms with Gasteiger partial charge >= 0.3 is 11.9 Å². The van der Waals surface area contributed by atoms with Crippen LogP contribution in [0.3, 0.4) is 0 Å². The van der Waals surface area contributed by atoms with Crippen LogP contribution in [-0.4, -0.2) is 22.2 Å². The van der Waals surface area contributed by atoms with Gasteiger partial charge in [-0.25, -0.2) is 9.59 Å². The van der Waals surface area contributed by atoms with Gasteiger partial charge in [-0.05, 0) is 18.9 Å². The van der Waals surface area contributed by atoms with E-state index in [1.54, 1.807) is 0 Å². The van der Waals surface area contributed by atoms with Gasteiger partial charge in [-0.1, -0.05) is 36.8 Å². The molecule has 0 radical (unpaired) electrons. The zero-order valence-corrected chi connectivity index (χ0v) is 10.4. The lowest BCUT2D eigenvalue weighted by molar-refractivity contribution is -0.159. The first-order valence-corrected chi connectivity index (χ1v) is 5.41. The first kappa shape index (κ1) is 16.1. The van der Waals surface area contributed by atoms with Gasteiger partial charge in [-0.2, -0.15) is 0 Å². The van der Waals surface area contributed by atoms with Gasteiger partial charge in [-0.15, -0.1) is 0 Å². The maximum Gasteiger partial charge on any atom is 0.414 e. The quantitative estimate of drug-likeness (QED) is 0.364. The summed E-state index contributed by atoms with van der Waals surface area (Å²) in [5.74, 6) is 1.76. The minimum absolute atomic E-state index is 0.283. The number of hydrogen-bond acceptors (Lipinski definition) is 4. The number of carboxylic acid groups (broad SMARTS) is 2. The lowest BCUT2D eigenvalue weighted by atomic mass is 10.0. The molecule has 1 rings (SSSR count). The molecular formula is C12H18N2O4. The number of carbonyl (C=O) groups is 2. The number of aliphatic carboxylic acids is 2. The van der Waals surface area contributed by atoms with E-state index in [2.05, 4.69) is 43.5 Å². The molecule has 100 valence electrons. The van der Waals surface area contributed by atoms with Crippen molar-refractivity contribution in [1.82, 2.24) is 5.43 Å². The second-order valence-corrected chi connectivity index (χ2v) is 3.65. The van der Waals surface area contributed by atoms with Crippen molar-refractivity contribution in [1.29, 1.82) is 0 Å². The number of rotatable bonds is 3. The van der Waals surface area contributed by atoms with Gasteiger partial charge in [0, 0.05) is 6.04 Å². The van der Waals surface area contributed by atoms with Gasteiger partial charge in [-0.3, -0.25) is 11.3 Å². The number of nitrogens with two attached hydrogens (primary N) is 1. The van der Waals surface area contributed by atoms with Crippen LogP contribution in [0.15, 0.2) is 24.3 Å². The molecule has 0 fully saturated rings. The molecular weight excluding hydrogens is 236 g/mol. The number of hydrazine groups is 1. The van der Waals surface area contributed by atoms with Crippen molar-refractivity contribution in [3.63, 3.8) is 0 Å². The first-order chi connectivity index (χ1) is 8.42. The van der Waals surface area contributed by atoms with Gasteiger partial charge < -0.3 is 10.2 Å². The van der Waals surface area contributed by atoms with Gasteiger partial charge in [0.15, 0.2) is 0 Å². The summed E-state index contributed by atoms with van der Waals surface area (Å²) in [5.41, 5.74) is 5.33. The summed E-state index contributed by atoms with van der Waals surface area (Å²) in [6.07, 6.45) is 1.01. The van der Waals surface area contributed by atoms with Crippen LogP contribution in [-0.2, 0) is 9.59 Å². The van der Waals surface area contributed by atoms with Crippen LogP contribution in [0.1, 0.15) is 30.5 Å². The van der Waals surface area contributed by atoms with E-state index in [4.69, 9.17) is 25.6 Å². The maximum atomic E-state index is 9.10. The van der Waals surface area contributed by atoms with E-state index >= 15 is 0 Å². The zero-order chi connectivity index (χ0) is 14.1. The average molecular weight is 254 g/mol. The van der Waals surface area contributed by atoms with E-state index in [1.165, 1.54) is 11.1 Å². The summed E-state index contributed by atoms with van der Waals surface area (Å²) in [6, 6.07) is 8.72. The van der Waals surface area contributed by atoms with E-state index in [0.29, 0.717) is 0 Å². The summed E-state index contributed by atoms with van der Waals surface area (Å²) in [7, 11) is 0. The average Bonchev–Trinajstić information content (AvgIpc) is 2.33. The van der Waals surface area contributed by atoms with E-state index in [0.717, 1.165) is 6.42 Å². The Hall–Kier alpha value is -1.92. The third-order valence-electron chi connectivity index (χ3n) is 2.27. The monoisotopic (exact) mass is 254 g/mol. The van der Waals surface area contributed by atoms with Crippen LogP contribution < -0.4 is 11.3 Å². The van der Waals surface area contributed by atoms with Gasteiger partial charge in [0.2, 0.25) is 0 Å². The second kappa shape index (κ2) is 8.21. The molecule has 1 unspecified atom stereocenters. The summed E-state index contributed by atoms with van der Waals surface area (Å²) >= 11 is 0. The number of aryl methyl sites for hydroxylation is 1. The van der Waals surface area contributed by atoms with Crippen molar-refractivity contribution in [3.8, 4) is 0 Å². The molecule has 0 aliphatic rings. The van der Waals surface area contributed by atoms with Gasteiger partial charge in [0.05, 0.1) is 0 Å². The molecule has 0 aliphatic carbocycles. The minimum atomic E-state index is -1.82. The normalized spacial score (nSPS) is 11.1. The smallest absolute Gasteiger partial charge is 0.414 e. The molecule has 6 heteroatoms. The van der Waals surface area contributed by atoms with Crippen LogP contribution in [0.4, 0.5) is 0 Å². The highest BCUT2D eigenvalue weighted by atomic mass is 16.4. The van der Waals surface area contributed by atoms with Crippen molar-refractivity contribution >= 4 is 11.9 Å². The van der Waals surface area contributed by atoms with Gasteiger partial charge in [0.1, 0.15) is 0 Å². The molecule has 0 bridgehead atoms. The predicted octanol–water partition coefficient (Wildman–Crippen LogP) is 1.07. The minimum Gasteiger partial charge on any atom is -0.473 e. The molecule has 0 aliphatic heterocycles.